The molecule has 19 heavy (non-hydrogen) atoms. The smallest absolute Gasteiger partial charge is 0.242 e. The van der Waals surface area contributed by atoms with Crippen LogP contribution in [-0.4, -0.2) is 27.2 Å². The molecule has 106 valence electrons. The Morgan fingerprint density at radius 1 is 1.53 bits per heavy atom. The highest BCUT2D eigenvalue weighted by Gasteiger charge is 2.31. The molecular weight excluding hydrogens is 271 g/mol. The van der Waals surface area contributed by atoms with Crippen molar-refractivity contribution < 1.29 is 17.5 Å². The number of benzene rings is 1. The number of sulfonamides is 1. The first-order valence-electron chi connectivity index (χ1n) is 6.01. The van der Waals surface area contributed by atoms with Crippen molar-refractivity contribution in [2.24, 2.45) is 0 Å². The van der Waals surface area contributed by atoms with E-state index < -0.39 is 21.4 Å². The van der Waals surface area contributed by atoms with Crippen LogP contribution in [0.15, 0.2) is 23.1 Å². The molecule has 1 aromatic carbocycles. The van der Waals surface area contributed by atoms with Gasteiger partial charge in [0, 0.05) is 13.2 Å². The molecule has 0 amide bonds. The van der Waals surface area contributed by atoms with Crippen LogP contribution in [0, 0.1) is 5.82 Å². The topological polar surface area (TPSA) is 81.4 Å². The van der Waals surface area contributed by atoms with E-state index in [1.807, 2.05) is 6.92 Å². The third-order valence-corrected chi connectivity index (χ3v) is 4.67. The first kappa shape index (κ1) is 14.2. The van der Waals surface area contributed by atoms with Crippen LogP contribution in [-0.2, 0) is 14.8 Å². The molecule has 1 unspecified atom stereocenters. The second kappa shape index (κ2) is 5.07. The summed E-state index contributed by atoms with van der Waals surface area (Å²) in [4.78, 5) is -0.115. The molecule has 2 rings (SSSR count). The molecule has 5 nitrogen and oxygen atoms in total. The fraction of sp³-hybridized carbons (Fsp3) is 0.500. The van der Waals surface area contributed by atoms with Gasteiger partial charge in [0.05, 0.1) is 11.3 Å². The van der Waals surface area contributed by atoms with Gasteiger partial charge in [-0.25, -0.2) is 17.5 Å². The van der Waals surface area contributed by atoms with Crippen LogP contribution in [0.5, 0.6) is 0 Å². The second-order valence-electron chi connectivity index (χ2n) is 4.91. The number of nitrogens with two attached hydrogens (primary N) is 1. The minimum absolute atomic E-state index is 0.106. The minimum Gasteiger partial charge on any atom is -0.398 e. The largest absolute Gasteiger partial charge is 0.398 e. The van der Waals surface area contributed by atoms with Gasteiger partial charge in [-0.15, -0.1) is 0 Å². The zero-order valence-electron chi connectivity index (χ0n) is 10.6. The molecule has 1 atom stereocenters. The summed E-state index contributed by atoms with van der Waals surface area (Å²) in [5.41, 5.74) is 4.94. The number of hydrogen-bond acceptors (Lipinski definition) is 4. The van der Waals surface area contributed by atoms with E-state index in [0.29, 0.717) is 6.61 Å². The van der Waals surface area contributed by atoms with Gasteiger partial charge in [-0.1, -0.05) is 0 Å². The Labute approximate surface area is 112 Å². The molecule has 1 saturated heterocycles. The maximum absolute atomic E-state index is 12.9. The number of hydrogen-bond donors (Lipinski definition) is 2. The Bertz CT molecular complexity index is 568. The van der Waals surface area contributed by atoms with E-state index in [9.17, 15) is 12.8 Å². The van der Waals surface area contributed by atoms with Gasteiger partial charge in [0.15, 0.2) is 0 Å². The molecule has 0 aromatic heterocycles. The Kier molecular flexibility index (Phi) is 3.80. The van der Waals surface area contributed by atoms with Crippen LogP contribution < -0.4 is 10.5 Å². The lowest BCUT2D eigenvalue weighted by Gasteiger charge is -2.23. The molecule has 0 spiro atoms. The van der Waals surface area contributed by atoms with E-state index in [0.717, 1.165) is 31.0 Å². The van der Waals surface area contributed by atoms with Crippen LogP contribution in [0.2, 0.25) is 0 Å². The highest BCUT2D eigenvalue weighted by atomic mass is 32.2. The van der Waals surface area contributed by atoms with E-state index >= 15 is 0 Å². The Hall–Kier alpha value is -1.18. The van der Waals surface area contributed by atoms with Crippen LogP contribution >= 0.6 is 0 Å². The van der Waals surface area contributed by atoms with Gasteiger partial charge in [0.25, 0.3) is 0 Å². The van der Waals surface area contributed by atoms with E-state index in [1.165, 1.54) is 0 Å². The molecule has 0 saturated carbocycles. The molecule has 7 heteroatoms. The van der Waals surface area contributed by atoms with Crippen LogP contribution in [0.25, 0.3) is 0 Å². The van der Waals surface area contributed by atoms with Crippen molar-refractivity contribution in [1.82, 2.24) is 4.72 Å². The van der Waals surface area contributed by atoms with Crippen molar-refractivity contribution in [3.05, 3.63) is 24.0 Å². The molecule has 1 heterocycles. The van der Waals surface area contributed by atoms with Crippen LogP contribution in [0.1, 0.15) is 19.8 Å². The van der Waals surface area contributed by atoms with Gasteiger partial charge in [-0.3, -0.25) is 0 Å². The highest BCUT2D eigenvalue weighted by Crippen LogP contribution is 2.25. The van der Waals surface area contributed by atoms with Gasteiger partial charge >= 0.3 is 0 Å². The highest BCUT2D eigenvalue weighted by molar-refractivity contribution is 7.89. The summed E-state index contributed by atoms with van der Waals surface area (Å²) in [7, 11) is -3.75. The standard InChI is InChI=1S/C12H17FN2O3S/c1-12(5-2-6-18-12)8-15-19(16,17)11-4-3-9(13)7-10(11)14/h3-4,7,15H,2,5-6,8,14H2,1H3. The number of nitrogens with one attached hydrogen (secondary N) is 1. The van der Waals surface area contributed by atoms with Crippen molar-refractivity contribution >= 4 is 15.7 Å². The van der Waals surface area contributed by atoms with Crippen molar-refractivity contribution in [1.29, 1.82) is 0 Å². The van der Waals surface area contributed by atoms with Gasteiger partial charge in [0.1, 0.15) is 10.7 Å². The molecule has 0 aliphatic carbocycles. The normalized spacial score (nSPS) is 23.7. The molecule has 1 aliphatic heterocycles. The molecule has 0 radical (unpaired) electrons. The summed E-state index contributed by atoms with van der Waals surface area (Å²) < 4.78 is 45.1. The summed E-state index contributed by atoms with van der Waals surface area (Å²) in [6, 6.07) is 3.21. The van der Waals surface area contributed by atoms with E-state index in [4.69, 9.17) is 10.5 Å². The van der Waals surface area contributed by atoms with Gasteiger partial charge < -0.3 is 10.5 Å². The fourth-order valence-electron chi connectivity index (χ4n) is 2.07. The lowest BCUT2D eigenvalue weighted by molar-refractivity contribution is 0.0250. The molecule has 0 bridgehead atoms. The van der Waals surface area contributed by atoms with Crippen LogP contribution in [0.4, 0.5) is 10.1 Å². The van der Waals surface area contributed by atoms with Crippen LogP contribution in [0.3, 0.4) is 0 Å². The number of nitrogen functional groups attached to an aromatic ring is 1. The molecule has 1 aromatic rings. The first-order valence-corrected chi connectivity index (χ1v) is 7.49. The lowest BCUT2D eigenvalue weighted by atomic mass is 10.0. The zero-order chi connectivity index (χ0) is 14.1. The van der Waals surface area contributed by atoms with E-state index in [1.54, 1.807) is 0 Å². The average molecular weight is 288 g/mol. The first-order chi connectivity index (χ1) is 8.82. The van der Waals surface area contributed by atoms with Gasteiger partial charge in [-0.2, -0.15) is 0 Å². The lowest BCUT2D eigenvalue weighted by Crippen LogP contribution is -2.40. The Morgan fingerprint density at radius 2 is 2.26 bits per heavy atom. The summed E-state index contributed by atoms with van der Waals surface area (Å²) in [6.07, 6.45) is 1.71. The SMILES string of the molecule is CC1(CNS(=O)(=O)c2ccc(F)cc2N)CCCO1. The van der Waals surface area contributed by atoms with E-state index in [2.05, 4.69) is 4.72 Å². The van der Waals surface area contributed by atoms with Crippen molar-refractivity contribution in [3.8, 4) is 0 Å². The molecule has 3 N–H and O–H groups in total. The Morgan fingerprint density at radius 3 is 2.84 bits per heavy atom. The number of anilines is 1. The quantitative estimate of drug-likeness (QED) is 0.817. The number of rotatable bonds is 4. The maximum atomic E-state index is 12.9. The van der Waals surface area contributed by atoms with Gasteiger partial charge in [-0.05, 0) is 38.0 Å². The summed E-state index contributed by atoms with van der Waals surface area (Å²) in [6.45, 7) is 2.67. The Balaban J connectivity index is 2.14. The predicted molar refractivity (Wildman–Crippen MR) is 69.6 cm³/mol. The summed E-state index contributed by atoms with van der Waals surface area (Å²) >= 11 is 0. The zero-order valence-corrected chi connectivity index (χ0v) is 11.5. The third kappa shape index (κ3) is 3.23. The number of ether oxygens (including phenoxy) is 1. The van der Waals surface area contributed by atoms with Crippen molar-refractivity contribution in [2.45, 2.75) is 30.3 Å². The fourth-order valence-corrected chi connectivity index (χ4v) is 3.33. The van der Waals surface area contributed by atoms with E-state index in [-0.39, 0.29) is 17.1 Å². The molecule has 1 fully saturated rings. The molecular formula is C12H17FN2O3S. The summed E-state index contributed by atoms with van der Waals surface area (Å²) in [5, 5.41) is 0. The number of halogens is 1. The average Bonchev–Trinajstić information content (AvgIpc) is 2.74. The third-order valence-electron chi connectivity index (χ3n) is 3.20. The summed E-state index contributed by atoms with van der Waals surface area (Å²) in [5.74, 6) is -0.567. The van der Waals surface area contributed by atoms with Crippen molar-refractivity contribution in [2.75, 3.05) is 18.9 Å². The molecule has 1 aliphatic rings. The van der Waals surface area contributed by atoms with Crippen molar-refractivity contribution in [3.63, 3.8) is 0 Å². The predicted octanol–water partition coefficient (Wildman–Crippen LogP) is 1.26. The minimum atomic E-state index is -3.75. The monoisotopic (exact) mass is 288 g/mol. The van der Waals surface area contributed by atoms with Gasteiger partial charge in [0.2, 0.25) is 10.0 Å². The maximum Gasteiger partial charge on any atom is 0.242 e. The second-order valence-corrected chi connectivity index (χ2v) is 6.64.